The standard InChI is InChI=1S/C24H29B2N5O4S/c1-13-19(36-12-27-13)14-5-7-15(8-6-14)24(2)22(34)28-20(29-24)18-10-16(32)11-31(18)21(33)17-4-3-9-30(17)23(35)26-25/h5-8,12,16-18,26,32H,3-4,9-11,25H2,1-2H3,(H,28,29,34)/t16-,17+,18?,24+/m1/s1. The molecule has 186 valence electrons. The van der Waals surface area contributed by atoms with Gasteiger partial charge in [0.15, 0.2) is 13.0 Å². The van der Waals surface area contributed by atoms with Gasteiger partial charge < -0.3 is 20.2 Å². The zero-order valence-electron chi connectivity index (χ0n) is 20.7. The van der Waals surface area contributed by atoms with E-state index in [9.17, 15) is 19.5 Å². The Labute approximate surface area is 215 Å². The highest BCUT2D eigenvalue weighted by Gasteiger charge is 2.49. The van der Waals surface area contributed by atoms with Gasteiger partial charge in [0.1, 0.15) is 17.4 Å². The fourth-order valence-corrected chi connectivity index (χ4v) is 6.29. The lowest BCUT2D eigenvalue weighted by Gasteiger charge is -2.32. The van der Waals surface area contributed by atoms with E-state index >= 15 is 0 Å². The third-order valence-corrected chi connectivity index (χ3v) is 8.51. The molecule has 4 heterocycles. The molecule has 1 unspecified atom stereocenters. The van der Waals surface area contributed by atoms with Crippen LogP contribution in [-0.4, -0.2) is 89.5 Å². The van der Waals surface area contributed by atoms with Crippen molar-refractivity contribution in [2.24, 2.45) is 4.99 Å². The maximum atomic E-state index is 13.5. The SMILES string of the molecule is BBC(=O)N1CCC[C@H]1C(=O)N1C[C@H](O)CC1C1=NC(=O)[C@](C)(c2ccc(-c3scnc3C)cc2)N1. The van der Waals surface area contributed by atoms with E-state index in [-0.39, 0.29) is 24.2 Å². The van der Waals surface area contributed by atoms with Crippen molar-refractivity contribution in [2.45, 2.75) is 56.8 Å². The Morgan fingerprint density at radius 1 is 1.28 bits per heavy atom. The maximum absolute atomic E-state index is 13.5. The minimum atomic E-state index is -1.07. The summed E-state index contributed by atoms with van der Waals surface area (Å²) in [6, 6.07) is 6.70. The van der Waals surface area contributed by atoms with Crippen molar-refractivity contribution < 1.29 is 19.5 Å². The normalized spacial score (nSPS) is 27.8. The summed E-state index contributed by atoms with van der Waals surface area (Å²) in [6.07, 6.45) is 0.949. The number of amidine groups is 1. The number of rotatable bonds is 5. The zero-order chi connectivity index (χ0) is 25.6. The molecule has 0 bridgehead atoms. The number of amides is 3. The van der Waals surface area contributed by atoms with E-state index < -0.39 is 23.7 Å². The second-order valence-electron chi connectivity index (χ2n) is 9.89. The number of nitrogens with one attached hydrogen (secondary N) is 1. The Morgan fingerprint density at radius 2 is 2.03 bits per heavy atom. The molecule has 2 aromatic rings. The number of aliphatic imine (C=N–C) groups is 1. The summed E-state index contributed by atoms with van der Waals surface area (Å²) in [5.74, 6) is -0.179. The van der Waals surface area contributed by atoms with E-state index in [0.29, 0.717) is 32.4 Å². The lowest BCUT2D eigenvalue weighted by molar-refractivity contribution is -0.135. The van der Waals surface area contributed by atoms with Gasteiger partial charge in [0.05, 0.1) is 36.0 Å². The molecule has 9 nitrogen and oxygen atoms in total. The number of aliphatic hydroxyl groups excluding tert-OH is 1. The van der Waals surface area contributed by atoms with E-state index in [1.165, 1.54) is 0 Å². The number of carbonyl (C=O) groups is 3. The third kappa shape index (κ3) is 4.16. The number of benzene rings is 1. The fraction of sp³-hybridized carbons (Fsp3) is 0.458. The van der Waals surface area contributed by atoms with Gasteiger partial charge in [-0.05, 0) is 37.8 Å². The predicted molar refractivity (Wildman–Crippen MR) is 142 cm³/mol. The molecule has 1 aromatic heterocycles. The van der Waals surface area contributed by atoms with Crippen molar-refractivity contribution in [3.05, 3.63) is 41.0 Å². The molecule has 2 N–H and O–H groups in total. The molecule has 2 fully saturated rings. The summed E-state index contributed by atoms with van der Waals surface area (Å²) >= 11 is 1.57. The third-order valence-electron chi connectivity index (χ3n) is 7.54. The van der Waals surface area contributed by atoms with E-state index in [1.807, 2.05) is 36.7 Å². The zero-order valence-corrected chi connectivity index (χ0v) is 21.5. The van der Waals surface area contributed by atoms with Crippen molar-refractivity contribution >= 4 is 49.7 Å². The minimum Gasteiger partial charge on any atom is -0.391 e. The van der Waals surface area contributed by atoms with E-state index in [0.717, 1.165) is 28.1 Å². The number of β-amino-alcohol motifs (C(OH)–C–C–N with tert-alkyl or cyclic N) is 1. The van der Waals surface area contributed by atoms with Crippen LogP contribution in [0.1, 0.15) is 37.4 Å². The lowest BCUT2D eigenvalue weighted by Crippen LogP contribution is -2.54. The summed E-state index contributed by atoms with van der Waals surface area (Å²) in [6.45, 7) is 4.48. The molecule has 5 rings (SSSR count). The molecule has 12 heteroatoms. The van der Waals surface area contributed by atoms with E-state index in [4.69, 9.17) is 0 Å². The topological polar surface area (TPSA) is 115 Å². The maximum Gasteiger partial charge on any atom is 0.277 e. The van der Waals surface area contributed by atoms with Gasteiger partial charge in [0.25, 0.3) is 5.91 Å². The molecule has 2 saturated heterocycles. The summed E-state index contributed by atoms with van der Waals surface area (Å²) in [5, 5.41) is 13.7. The van der Waals surface area contributed by atoms with Crippen LogP contribution in [0.2, 0.25) is 0 Å². The first-order chi connectivity index (χ1) is 17.2. The van der Waals surface area contributed by atoms with Crippen LogP contribution in [0.15, 0.2) is 34.8 Å². The number of aliphatic hydroxyl groups is 1. The van der Waals surface area contributed by atoms with Gasteiger partial charge in [-0.1, -0.05) is 24.3 Å². The molecule has 0 saturated carbocycles. The Hall–Kier alpha value is -2.98. The van der Waals surface area contributed by atoms with Crippen molar-refractivity contribution in [3.63, 3.8) is 0 Å². The highest BCUT2D eigenvalue weighted by Crippen LogP contribution is 2.34. The quantitative estimate of drug-likeness (QED) is 0.569. The van der Waals surface area contributed by atoms with Gasteiger partial charge in [-0.3, -0.25) is 14.4 Å². The summed E-state index contributed by atoms with van der Waals surface area (Å²) in [4.78, 5) is 52.0. The molecule has 0 spiro atoms. The highest BCUT2D eigenvalue weighted by atomic mass is 32.1. The monoisotopic (exact) mass is 505 g/mol. The number of thiazole rings is 1. The molecular weight excluding hydrogens is 476 g/mol. The molecule has 0 radical (unpaired) electrons. The predicted octanol–water partition coefficient (Wildman–Crippen LogP) is 0.393. The number of aromatic nitrogens is 1. The van der Waals surface area contributed by atoms with Gasteiger partial charge >= 0.3 is 0 Å². The molecular formula is C24H29B2N5O4S. The highest BCUT2D eigenvalue weighted by molar-refractivity contribution is 7.13. The van der Waals surface area contributed by atoms with Crippen LogP contribution in [0.4, 0.5) is 4.79 Å². The van der Waals surface area contributed by atoms with E-state index in [1.54, 1.807) is 35.8 Å². The largest absolute Gasteiger partial charge is 0.391 e. The minimum absolute atomic E-state index is 0.0433. The van der Waals surface area contributed by atoms with Crippen LogP contribution in [0.5, 0.6) is 0 Å². The molecule has 3 aliphatic heterocycles. The van der Waals surface area contributed by atoms with Crippen molar-refractivity contribution in [2.75, 3.05) is 13.1 Å². The van der Waals surface area contributed by atoms with Crippen LogP contribution in [0.25, 0.3) is 10.4 Å². The Morgan fingerprint density at radius 3 is 2.69 bits per heavy atom. The van der Waals surface area contributed by atoms with Crippen LogP contribution >= 0.6 is 11.3 Å². The van der Waals surface area contributed by atoms with Gasteiger partial charge in [0, 0.05) is 19.5 Å². The Balaban J connectivity index is 1.36. The van der Waals surface area contributed by atoms with Crippen molar-refractivity contribution in [1.29, 1.82) is 0 Å². The average Bonchev–Trinajstić information content (AvgIpc) is 3.66. The average molecular weight is 505 g/mol. The first kappa shape index (κ1) is 24.7. The van der Waals surface area contributed by atoms with Crippen LogP contribution < -0.4 is 5.32 Å². The fourth-order valence-electron chi connectivity index (χ4n) is 5.48. The van der Waals surface area contributed by atoms with Gasteiger partial charge in [0.2, 0.25) is 5.91 Å². The first-order valence-electron chi connectivity index (χ1n) is 12.4. The molecule has 36 heavy (non-hydrogen) atoms. The van der Waals surface area contributed by atoms with Crippen molar-refractivity contribution in [3.8, 4) is 10.4 Å². The molecule has 0 aliphatic carbocycles. The second-order valence-corrected chi connectivity index (χ2v) is 10.7. The molecule has 1 aromatic carbocycles. The van der Waals surface area contributed by atoms with E-state index in [2.05, 4.69) is 15.3 Å². The number of aryl methyl sites for hydroxylation is 1. The van der Waals surface area contributed by atoms with Gasteiger partial charge in [-0.25, -0.2) is 4.98 Å². The summed E-state index contributed by atoms with van der Waals surface area (Å²) < 4.78 is 0. The van der Waals surface area contributed by atoms with Crippen LogP contribution in [-0.2, 0) is 15.1 Å². The lowest BCUT2D eigenvalue weighted by atomic mass is 9.55. The Bertz CT molecular complexity index is 1240. The second kappa shape index (κ2) is 9.48. The number of carbonyl (C=O) groups excluding carboxylic acids is 3. The smallest absolute Gasteiger partial charge is 0.277 e. The number of hydrogen-bond acceptors (Lipinski definition) is 7. The molecule has 3 aliphatic rings. The molecule has 3 amide bonds. The number of nitrogens with zero attached hydrogens (tertiary/aromatic N) is 4. The number of likely N-dealkylation sites (tertiary alicyclic amines) is 2. The van der Waals surface area contributed by atoms with Crippen molar-refractivity contribution in [1.82, 2.24) is 20.1 Å². The van der Waals surface area contributed by atoms with Gasteiger partial charge in [-0.15, -0.1) is 11.3 Å². The molecule has 4 atom stereocenters. The summed E-state index contributed by atoms with van der Waals surface area (Å²) in [7, 11) is 2.14. The Kier molecular flexibility index (Phi) is 6.50. The first-order valence-corrected chi connectivity index (χ1v) is 13.3. The summed E-state index contributed by atoms with van der Waals surface area (Å²) in [5.41, 5.74) is 3.51. The number of hydrogen-bond donors (Lipinski definition) is 2. The van der Waals surface area contributed by atoms with Crippen LogP contribution in [0, 0.1) is 6.92 Å². The van der Waals surface area contributed by atoms with Crippen LogP contribution in [0.3, 0.4) is 0 Å². The van der Waals surface area contributed by atoms with Gasteiger partial charge in [-0.2, -0.15) is 4.99 Å².